The lowest BCUT2D eigenvalue weighted by atomic mass is 10.1. The van der Waals surface area contributed by atoms with Crippen LogP contribution >= 0.6 is 11.6 Å². The Morgan fingerprint density at radius 3 is 1.83 bits per heavy atom. The second-order valence-corrected chi connectivity index (χ2v) is 10.3. The lowest BCUT2D eigenvalue weighted by molar-refractivity contribution is 0.0987. The Labute approximate surface area is 272 Å². The van der Waals surface area contributed by atoms with Crippen molar-refractivity contribution in [3.63, 3.8) is 0 Å². The molecule has 1 atom stereocenters. The Morgan fingerprint density at radius 1 is 0.809 bits per heavy atom. The minimum absolute atomic E-state index is 0.0270. The summed E-state index contributed by atoms with van der Waals surface area (Å²) in [7, 11) is -1.91. The number of rotatable bonds is 7. The Kier molecular flexibility index (Phi) is 10.7. The zero-order valence-corrected chi connectivity index (χ0v) is 26.1. The minimum atomic E-state index is -1.91. The first-order valence-electron chi connectivity index (χ1n) is 13.4. The standard InChI is InChI=1S/C14H11ClN6O3S.C11H9N7O2.C2H6/c15-9-5-10(7(12(16)22)4-11(9)25(17)24)20-14(23)8-6-19-21-3-1-2-18-13(8)21;12-9(19)8-7(5-14-17-8)16-11(20)6-4-15-18-3-1-2-13-10(6)18;1-2/h1-6H,17H2,(H2,16,22)(H,20,23);1-5H,(H2,12,19)(H,14,17)(H,16,20);1-2H3. The van der Waals surface area contributed by atoms with Gasteiger partial charge in [0.2, 0.25) is 0 Å². The molecule has 0 saturated carbocycles. The van der Waals surface area contributed by atoms with Crippen molar-refractivity contribution in [2.75, 3.05) is 10.6 Å². The van der Waals surface area contributed by atoms with Crippen molar-refractivity contribution >= 4 is 68.9 Å². The van der Waals surface area contributed by atoms with Crippen LogP contribution in [0.3, 0.4) is 0 Å². The van der Waals surface area contributed by atoms with Gasteiger partial charge in [-0.05, 0) is 24.3 Å². The summed E-state index contributed by atoms with van der Waals surface area (Å²) in [5.41, 5.74) is 11.9. The van der Waals surface area contributed by atoms with Crippen molar-refractivity contribution in [3.05, 3.63) is 95.1 Å². The van der Waals surface area contributed by atoms with Gasteiger partial charge >= 0.3 is 0 Å². The average molecular weight is 680 g/mol. The number of aromatic amines is 1. The average Bonchev–Trinajstić information content (AvgIpc) is 3.80. The number of H-pyrrole nitrogens is 1. The maximum atomic E-state index is 12.5. The van der Waals surface area contributed by atoms with Gasteiger partial charge in [-0.3, -0.25) is 24.3 Å². The molecule has 4 amide bonds. The quantitative estimate of drug-likeness (QED) is 0.141. The number of nitrogens with two attached hydrogens (primary N) is 3. The number of benzene rings is 1. The highest BCUT2D eigenvalue weighted by atomic mass is 35.5. The summed E-state index contributed by atoms with van der Waals surface area (Å²) in [6.07, 6.45) is 10.4. The SMILES string of the molecule is CC.NC(=O)c1[nH]ncc1NC(=O)c1cnn2cccnc12.NC(=O)c1cc(S(N)=O)c(Cl)cc1NC(=O)c1cnn2cccnc12. The first-order chi connectivity index (χ1) is 22.5. The van der Waals surface area contributed by atoms with Gasteiger partial charge in [0.1, 0.15) is 27.8 Å². The normalized spacial score (nSPS) is 11.1. The number of carbonyl (C=O) groups excluding carboxylic acids is 4. The van der Waals surface area contributed by atoms with Gasteiger partial charge in [-0.2, -0.15) is 15.3 Å². The van der Waals surface area contributed by atoms with Gasteiger partial charge in [0.05, 0.1) is 45.4 Å². The van der Waals surface area contributed by atoms with E-state index < -0.39 is 34.6 Å². The topological polar surface area (TPSA) is 277 Å². The number of aromatic nitrogens is 8. The zero-order chi connectivity index (χ0) is 34.2. The largest absolute Gasteiger partial charge is 0.366 e. The van der Waals surface area contributed by atoms with Gasteiger partial charge < -0.3 is 22.1 Å². The third-order valence-electron chi connectivity index (χ3n) is 5.98. The predicted molar refractivity (Wildman–Crippen MR) is 171 cm³/mol. The molecule has 0 spiro atoms. The summed E-state index contributed by atoms with van der Waals surface area (Å²) in [5.74, 6) is -2.57. The molecular formula is C27H26ClN13O5S. The van der Waals surface area contributed by atoms with Crippen LogP contribution < -0.4 is 27.2 Å². The molecule has 6 rings (SSSR count). The molecule has 0 aliphatic rings. The Hall–Kier alpha value is -6.05. The lowest BCUT2D eigenvalue weighted by Crippen LogP contribution is -2.19. The van der Waals surface area contributed by atoms with Crippen molar-refractivity contribution in [2.24, 2.45) is 16.6 Å². The van der Waals surface area contributed by atoms with Crippen LogP contribution in [0.2, 0.25) is 5.02 Å². The number of primary amides is 2. The number of carbonyl (C=O) groups is 4. The van der Waals surface area contributed by atoms with E-state index in [0.29, 0.717) is 11.3 Å². The number of nitrogens with zero attached hydrogens (tertiary/aromatic N) is 7. The van der Waals surface area contributed by atoms with E-state index in [-0.39, 0.29) is 43.7 Å². The van der Waals surface area contributed by atoms with Crippen LogP contribution in [-0.4, -0.2) is 67.2 Å². The zero-order valence-electron chi connectivity index (χ0n) is 24.5. The van der Waals surface area contributed by atoms with Crippen LogP contribution in [0.25, 0.3) is 11.3 Å². The summed E-state index contributed by atoms with van der Waals surface area (Å²) < 4.78 is 14.4. The second-order valence-electron chi connectivity index (χ2n) is 8.81. The molecule has 6 aromatic rings. The fraction of sp³-hybridized carbons (Fsp3) is 0.0741. The van der Waals surface area contributed by atoms with E-state index in [1.54, 1.807) is 30.7 Å². The van der Waals surface area contributed by atoms with Gasteiger partial charge in [0.25, 0.3) is 23.6 Å². The second kappa shape index (κ2) is 14.8. The number of anilines is 2. The molecular weight excluding hydrogens is 654 g/mol. The van der Waals surface area contributed by atoms with Crippen molar-refractivity contribution in [1.82, 2.24) is 39.4 Å². The fourth-order valence-electron chi connectivity index (χ4n) is 3.94. The molecule has 5 heterocycles. The highest BCUT2D eigenvalue weighted by molar-refractivity contribution is 7.82. The van der Waals surface area contributed by atoms with Crippen molar-refractivity contribution < 1.29 is 23.4 Å². The summed E-state index contributed by atoms with van der Waals surface area (Å²) in [4.78, 5) is 55.6. The number of hydrogen-bond acceptors (Lipinski definition) is 10. The first-order valence-corrected chi connectivity index (χ1v) is 15.0. The fourth-order valence-corrected chi connectivity index (χ4v) is 4.81. The monoisotopic (exact) mass is 679 g/mol. The molecule has 0 bridgehead atoms. The summed E-state index contributed by atoms with van der Waals surface area (Å²) in [5, 5.41) is 24.5. The third-order valence-corrected chi connectivity index (χ3v) is 7.18. The molecule has 18 nitrogen and oxygen atoms in total. The molecule has 242 valence electrons. The van der Waals surface area contributed by atoms with Crippen LogP contribution in [0.15, 0.2) is 72.5 Å². The molecule has 0 aliphatic carbocycles. The highest BCUT2D eigenvalue weighted by Crippen LogP contribution is 2.27. The number of hydrogen-bond donors (Lipinski definition) is 6. The molecule has 0 radical (unpaired) electrons. The molecule has 47 heavy (non-hydrogen) atoms. The number of amides is 4. The maximum Gasteiger partial charge on any atom is 0.268 e. The smallest absolute Gasteiger partial charge is 0.268 e. The van der Waals surface area contributed by atoms with E-state index in [4.69, 9.17) is 28.2 Å². The summed E-state index contributed by atoms with van der Waals surface area (Å²) >= 11 is 6.00. The molecule has 1 aromatic carbocycles. The molecule has 1 unspecified atom stereocenters. The minimum Gasteiger partial charge on any atom is -0.366 e. The molecule has 20 heteroatoms. The van der Waals surface area contributed by atoms with E-state index in [0.717, 1.165) is 0 Å². The lowest BCUT2D eigenvalue weighted by Gasteiger charge is -2.11. The van der Waals surface area contributed by atoms with Gasteiger partial charge in [-0.25, -0.2) is 28.3 Å². The van der Waals surface area contributed by atoms with Crippen LogP contribution in [0.1, 0.15) is 55.4 Å². The Bertz CT molecular complexity index is 2140. The number of nitrogens with one attached hydrogen (secondary N) is 3. The maximum absolute atomic E-state index is 12.5. The molecule has 0 fully saturated rings. The Morgan fingerprint density at radius 2 is 1.34 bits per heavy atom. The van der Waals surface area contributed by atoms with E-state index in [2.05, 4.69) is 41.0 Å². The number of halogens is 1. The van der Waals surface area contributed by atoms with Crippen LogP contribution in [0, 0.1) is 0 Å². The van der Waals surface area contributed by atoms with Crippen LogP contribution in [-0.2, 0) is 11.0 Å². The first kappa shape index (κ1) is 33.8. The van der Waals surface area contributed by atoms with Crippen LogP contribution in [0.5, 0.6) is 0 Å². The van der Waals surface area contributed by atoms with Crippen molar-refractivity contribution in [3.8, 4) is 0 Å². The van der Waals surface area contributed by atoms with Gasteiger partial charge in [0, 0.05) is 24.8 Å². The third kappa shape index (κ3) is 7.44. The number of fused-ring (bicyclic) bond motifs is 2. The van der Waals surface area contributed by atoms with Gasteiger partial charge in [-0.15, -0.1) is 0 Å². The van der Waals surface area contributed by atoms with E-state index in [1.807, 2.05) is 13.8 Å². The van der Waals surface area contributed by atoms with E-state index in [1.165, 1.54) is 46.0 Å². The molecule has 0 saturated heterocycles. The summed E-state index contributed by atoms with van der Waals surface area (Å²) in [6, 6.07) is 5.81. The molecule has 5 aromatic heterocycles. The van der Waals surface area contributed by atoms with Gasteiger partial charge in [0.15, 0.2) is 11.3 Å². The molecule has 9 N–H and O–H groups in total. The van der Waals surface area contributed by atoms with Crippen molar-refractivity contribution in [1.29, 1.82) is 0 Å². The van der Waals surface area contributed by atoms with Gasteiger partial charge in [-0.1, -0.05) is 25.4 Å². The Balaban J connectivity index is 0.000000206. The molecule has 0 aliphatic heterocycles. The van der Waals surface area contributed by atoms with E-state index in [9.17, 15) is 23.4 Å². The highest BCUT2D eigenvalue weighted by Gasteiger charge is 2.20. The predicted octanol–water partition coefficient (Wildman–Crippen LogP) is 1.54. The van der Waals surface area contributed by atoms with Crippen LogP contribution in [0.4, 0.5) is 11.4 Å². The van der Waals surface area contributed by atoms with Crippen molar-refractivity contribution in [2.45, 2.75) is 18.7 Å². The van der Waals surface area contributed by atoms with E-state index >= 15 is 0 Å². The summed E-state index contributed by atoms with van der Waals surface area (Å²) in [6.45, 7) is 4.00.